The van der Waals surface area contributed by atoms with Gasteiger partial charge in [-0.05, 0) is 19.9 Å². The lowest BCUT2D eigenvalue weighted by molar-refractivity contribution is 0.530. The monoisotopic (exact) mass is 382 g/mol. The molecule has 1 aromatic carbocycles. The standard InChI is InChI=1S/C16H16F2N4O3S/c1-8-14(16-22-21-10(3)25-16)15(9(2)20-8)26(23,24)19-7-11-4-5-12(17)6-13(11)18/h4-6,19-20H,7H2,1-3H3. The molecule has 2 N–H and O–H groups in total. The summed E-state index contributed by atoms with van der Waals surface area (Å²) in [7, 11) is -4.03. The summed E-state index contributed by atoms with van der Waals surface area (Å²) in [6.07, 6.45) is 0. The molecule has 7 nitrogen and oxygen atoms in total. The number of rotatable bonds is 5. The van der Waals surface area contributed by atoms with Gasteiger partial charge in [0.25, 0.3) is 5.89 Å². The number of H-pyrrole nitrogens is 1. The Labute approximate surface area is 148 Å². The Kier molecular flexibility index (Phi) is 4.63. The smallest absolute Gasteiger partial charge is 0.250 e. The Morgan fingerprint density at radius 3 is 2.50 bits per heavy atom. The minimum absolute atomic E-state index is 0.0232. The van der Waals surface area contributed by atoms with Crippen LogP contribution in [0.2, 0.25) is 0 Å². The molecule has 0 bridgehead atoms. The Balaban J connectivity index is 1.97. The predicted molar refractivity (Wildman–Crippen MR) is 88.7 cm³/mol. The molecule has 0 unspecified atom stereocenters. The molecule has 138 valence electrons. The van der Waals surface area contributed by atoms with E-state index in [9.17, 15) is 17.2 Å². The zero-order valence-corrected chi connectivity index (χ0v) is 15.0. The molecule has 2 heterocycles. The highest BCUT2D eigenvalue weighted by atomic mass is 32.2. The molecule has 0 fully saturated rings. The zero-order valence-electron chi connectivity index (χ0n) is 14.2. The molecule has 0 aliphatic heterocycles. The second kappa shape index (κ2) is 6.61. The van der Waals surface area contributed by atoms with Gasteiger partial charge in [0.2, 0.25) is 15.9 Å². The molecule has 26 heavy (non-hydrogen) atoms. The van der Waals surface area contributed by atoms with Gasteiger partial charge in [-0.3, -0.25) is 0 Å². The van der Waals surface area contributed by atoms with E-state index in [2.05, 4.69) is 19.9 Å². The van der Waals surface area contributed by atoms with Crippen LogP contribution in [0, 0.1) is 32.4 Å². The lowest BCUT2D eigenvalue weighted by atomic mass is 10.2. The van der Waals surface area contributed by atoms with E-state index in [1.54, 1.807) is 20.8 Å². The molecule has 0 saturated heterocycles. The van der Waals surface area contributed by atoms with E-state index in [0.717, 1.165) is 6.07 Å². The third kappa shape index (κ3) is 3.37. The first-order valence-corrected chi connectivity index (χ1v) is 9.10. The maximum atomic E-state index is 13.7. The van der Waals surface area contributed by atoms with Crippen LogP contribution in [-0.4, -0.2) is 23.6 Å². The molecule has 0 spiro atoms. The highest BCUT2D eigenvalue weighted by Gasteiger charge is 2.28. The first kappa shape index (κ1) is 18.2. The second-order valence-electron chi connectivity index (χ2n) is 5.77. The van der Waals surface area contributed by atoms with Crippen LogP contribution in [-0.2, 0) is 16.6 Å². The average Bonchev–Trinajstić information content (AvgIpc) is 3.09. The van der Waals surface area contributed by atoms with Gasteiger partial charge >= 0.3 is 0 Å². The summed E-state index contributed by atoms with van der Waals surface area (Å²) in [5.41, 5.74) is 1.20. The molecule has 0 radical (unpaired) electrons. The van der Waals surface area contributed by atoms with Gasteiger partial charge in [-0.25, -0.2) is 21.9 Å². The van der Waals surface area contributed by atoms with E-state index >= 15 is 0 Å². The third-order valence-corrected chi connectivity index (χ3v) is 5.37. The fraction of sp³-hybridized carbons (Fsp3) is 0.250. The molecule has 0 saturated carbocycles. The minimum Gasteiger partial charge on any atom is -0.421 e. The van der Waals surface area contributed by atoms with Gasteiger partial charge in [-0.1, -0.05) is 6.07 Å². The number of aromatic nitrogens is 3. The lowest BCUT2D eigenvalue weighted by Gasteiger charge is -2.09. The van der Waals surface area contributed by atoms with Gasteiger partial charge < -0.3 is 9.40 Å². The first-order valence-electron chi connectivity index (χ1n) is 7.62. The van der Waals surface area contributed by atoms with Crippen molar-refractivity contribution < 1.29 is 21.6 Å². The number of sulfonamides is 1. The van der Waals surface area contributed by atoms with E-state index < -0.39 is 21.7 Å². The van der Waals surface area contributed by atoms with Crippen LogP contribution in [0.5, 0.6) is 0 Å². The van der Waals surface area contributed by atoms with Crippen LogP contribution in [0.1, 0.15) is 22.8 Å². The number of hydrogen-bond donors (Lipinski definition) is 2. The van der Waals surface area contributed by atoms with Gasteiger partial charge in [0.05, 0.1) is 5.56 Å². The largest absolute Gasteiger partial charge is 0.421 e. The summed E-state index contributed by atoms with van der Waals surface area (Å²) in [5.74, 6) is -1.21. The highest BCUT2D eigenvalue weighted by molar-refractivity contribution is 7.89. The summed E-state index contributed by atoms with van der Waals surface area (Å²) >= 11 is 0. The average molecular weight is 382 g/mol. The van der Waals surface area contributed by atoms with E-state index in [1.165, 1.54) is 6.07 Å². The number of aryl methyl sites for hydroxylation is 3. The fourth-order valence-corrected chi connectivity index (χ4v) is 4.11. The van der Waals surface area contributed by atoms with Crippen LogP contribution < -0.4 is 4.72 Å². The van der Waals surface area contributed by atoms with Crippen LogP contribution in [0.15, 0.2) is 27.5 Å². The first-order chi connectivity index (χ1) is 12.2. The maximum Gasteiger partial charge on any atom is 0.250 e. The summed E-state index contributed by atoms with van der Waals surface area (Å²) in [4.78, 5) is 2.88. The van der Waals surface area contributed by atoms with Gasteiger partial charge in [0.15, 0.2) is 0 Å². The number of halogens is 2. The topological polar surface area (TPSA) is 101 Å². The normalized spacial score (nSPS) is 11.9. The van der Waals surface area contributed by atoms with Crippen molar-refractivity contribution in [3.8, 4) is 11.5 Å². The van der Waals surface area contributed by atoms with Crippen molar-refractivity contribution in [1.82, 2.24) is 19.9 Å². The summed E-state index contributed by atoms with van der Waals surface area (Å²) < 4.78 is 60.0. The zero-order chi connectivity index (χ0) is 19.1. The van der Waals surface area contributed by atoms with Crippen LogP contribution in [0.3, 0.4) is 0 Å². The van der Waals surface area contributed by atoms with Gasteiger partial charge in [0, 0.05) is 36.5 Å². The Bertz CT molecular complexity index is 1070. The van der Waals surface area contributed by atoms with Crippen molar-refractivity contribution >= 4 is 10.0 Å². The summed E-state index contributed by atoms with van der Waals surface area (Å²) in [5, 5.41) is 7.59. The molecule has 0 aliphatic carbocycles. The SMILES string of the molecule is Cc1nnc(-c2c(C)[nH]c(C)c2S(=O)(=O)NCc2ccc(F)cc2F)o1. The van der Waals surface area contributed by atoms with Crippen molar-refractivity contribution in [1.29, 1.82) is 0 Å². The Hall–Kier alpha value is -2.59. The van der Waals surface area contributed by atoms with Crippen LogP contribution >= 0.6 is 0 Å². The number of nitrogens with zero attached hydrogens (tertiary/aromatic N) is 2. The van der Waals surface area contributed by atoms with Crippen molar-refractivity contribution in [2.45, 2.75) is 32.2 Å². The molecule has 2 aromatic heterocycles. The van der Waals surface area contributed by atoms with Crippen molar-refractivity contribution in [3.05, 3.63) is 52.7 Å². The van der Waals surface area contributed by atoms with Crippen LogP contribution in [0.4, 0.5) is 8.78 Å². The summed E-state index contributed by atoms with van der Waals surface area (Å²) in [6.45, 7) is 4.53. The molecule has 3 aromatic rings. The Morgan fingerprint density at radius 1 is 1.15 bits per heavy atom. The van der Waals surface area contributed by atoms with Crippen molar-refractivity contribution in [2.24, 2.45) is 0 Å². The fourth-order valence-electron chi connectivity index (χ4n) is 2.66. The third-order valence-electron chi connectivity index (χ3n) is 3.79. The van der Waals surface area contributed by atoms with E-state index in [1.807, 2.05) is 0 Å². The van der Waals surface area contributed by atoms with Gasteiger partial charge in [-0.15, -0.1) is 10.2 Å². The molecule has 3 rings (SSSR count). The van der Waals surface area contributed by atoms with Gasteiger partial charge in [0.1, 0.15) is 16.5 Å². The number of aromatic amines is 1. The Morgan fingerprint density at radius 2 is 1.88 bits per heavy atom. The molecular formula is C16H16F2N4O3S. The molecule has 0 atom stereocenters. The number of nitrogens with one attached hydrogen (secondary N) is 2. The maximum absolute atomic E-state index is 13.7. The minimum atomic E-state index is -4.03. The lowest BCUT2D eigenvalue weighted by Crippen LogP contribution is -2.24. The van der Waals surface area contributed by atoms with Gasteiger partial charge in [-0.2, -0.15) is 0 Å². The molecule has 0 aliphatic rings. The van der Waals surface area contributed by atoms with Crippen LogP contribution in [0.25, 0.3) is 11.5 Å². The predicted octanol–water partition coefficient (Wildman–Crippen LogP) is 2.75. The van der Waals surface area contributed by atoms with Crippen molar-refractivity contribution in [2.75, 3.05) is 0 Å². The van der Waals surface area contributed by atoms with Crippen molar-refractivity contribution in [3.63, 3.8) is 0 Å². The molecule has 0 amide bonds. The molecular weight excluding hydrogens is 366 g/mol. The van der Waals surface area contributed by atoms with E-state index in [4.69, 9.17) is 4.42 Å². The van der Waals surface area contributed by atoms with E-state index in [0.29, 0.717) is 23.3 Å². The quantitative estimate of drug-likeness (QED) is 0.707. The van der Waals surface area contributed by atoms with E-state index in [-0.39, 0.29) is 28.5 Å². The second-order valence-corrected chi connectivity index (χ2v) is 7.47. The molecule has 10 heteroatoms. The summed E-state index contributed by atoms with van der Waals surface area (Å²) in [6, 6.07) is 2.94. The number of benzene rings is 1. The number of hydrogen-bond acceptors (Lipinski definition) is 5. The highest BCUT2D eigenvalue weighted by Crippen LogP contribution is 2.32.